The van der Waals surface area contributed by atoms with E-state index in [0.29, 0.717) is 27.2 Å². The molecule has 6 heteroatoms. The summed E-state index contributed by atoms with van der Waals surface area (Å²) in [5, 5.41) is 2.81. The molecule has 4 nitrogen and oxygen atoms in total. The Kier molecular flexibility index (Phi) is 4.29. The number of carbonyl (C=O) groups excluding carboxylic acids is 1. The predicted molar refractivity (Wildman–Crippen MR) is 77.9 cm³/mol. The fraction of sp³-hybridized carbons (Fsp3) is 0.154. The predicted octanol–water partition coefficient (Wildman–Crippen LogP) is 2.92. The van der Waals surface area contributed by atoms with E-state index in [1.807, 2.05) is 0 Å². The molecule has 0 aliphatic carbocycles. The van der Waals surface area contributed by atoms with Gasteiger partial charge in [0.05, 0.1) is 16.3 Å². The van der Waals surface area contributed by atoms with E-state index in [4.69, 9.17) is 22.1 Å². The number of methoxy groups -OCH3 is 1. The fourth-order valence-electron chi connectivity index (χ4n) is 1.64. The standard InChI is InChI=1S/C13H13ClN2O2S/c1-18-10-3-2-9(15)6-8(10)7-16-13(17)11-4-5-12(14)19-11/h2-6H,7,15H2,1H3,(H,16,17). The number of halogens is 1. The van der Waals surface area contributed by atoms with E-state index in [9.17, 15) is 4.79 Å². The van der Waals surface area contributed by atoms with Gasteiger partial charge in [-0.1, -0.05) is 11.6 Å². The molecule has 0 atom stereocenters. The quantitative estimate of drug-likeness (QED) is 0.853. The number of ether oxygens (including phenoxy) is 1. The zero-order valence-corrected chi connectivity index (χ0v) is 11.8. The molecule has 1 aromatic carbocycles. The monoisotopic (exact) mass is 296 g/mol. The van der Waals surface area contributed by atoms with Gasteiger partial charge in [-0.3, -0.25) is 4.79 Å². The third-order valence-corrected chi connectivity index (χ3v) is 3.77. The van der Waals surface area contributed by atoms with Gasteiger partial charge in [-0.25, -0.2) is 0 Å². The highest BCUT2D eigenvalue weighted by molar-refractivity contribution is 7.17. The molecule has 0 saturated carbocycles. The fourth-order valence-corrected chi connectivity index (χ4v) is 2.60. The van der Waals surface area contributed by atoms with Crippen LogP contribution < -0.4 is 15.8 Å². The zero-order valence-electron chi connectivity index (χ0n) is 10.3. The van der Waals surface area contributed by atoms with Crippen LogP contribution in [0.5, 0.6) is 5.75 Å². The largest absolute Gasteiger partial charge is 0.496 e. The van der Waals surface area contributed by atoms with E-state index in [2.05, 4.69) is 5.32 Å². The summed E-state index contributed by atoms with van der Waals surface area (Å²) in [7, 11) is 1.58. The molecular weight excluding hydrogens is 284 g/mol. The Morgan fingerprint density at radius 3 is 2.84 bits per heavy atom. The molecule has 0 radical (unpaired) electrons. The van der Waals surface area contributed by atoms with Crippen molar-refractivity contribution in [2.24, 2.45) is 0 Å². The summed E-state index contributed by atoms with van der Waals surface area (Å²) >= 11 is 7.03. The van der Waals surface area contributed by atoms with Crippen LogP contribution in [0, 0.1) is 0 Å². The van der Waals surface area contributed by atoms with Gasteiger partial charge < -0.3 is 15.8 Å². The molecule has 0 bridgehead atoms. The van der Waals surface area contributed by atoms with Gasteiger partial charge in [0.1, 0.15) is 5.75 Å². The lowest BCUT2D eigenvalue weighted by molar-refractivity contribution is 0.0955. The van der Waals surface area contributed by atoms with E-state index in [0.717, 1.165) is 5.56 Å². The second-order valence-corrected chi connectivity index (χ2v) is 5.57. The van der Waals surface area contributed by atoms with Gasteiger partial charge >= 0.3 is 0 Å². The number of nitrogens with two attached hydrogens (primary N) is 1. The average molecular weight is 297 g/mol. The SMILES string of the molecule is COc1ccc(N)cc1CNC(=O)c1ccc(Cl)s1. The molecule has 19 heavy (non-hydrogen) atoms. The second kappa shape index (κ2) is 5.95. The Morgan fingerprint density at radius 2 is 2.21 bits per heavy atom. The Balaban J connectivity index is 2.06. The van der Waals surface area contributed by atoms with Crippen molar-refractivity contribution in [3.8, 4) is 5.75 Å². The van der Waals surface area contributed by atoms with Crippen molar-refractivity contribution in [2.75, 3.05) is 12.8 Å². The van der Waals surface area contributed by atoms with Crippen LogP contribution in [0.3, 0.4) is 0 Å². The highest BCUT2D eigenvalue weighted by Crippen LogP contribution is 2.23. The topological polar surface area (TPSA) is 64.3 Å². The molecule has 2 rings (SSSR count). The summed E-state index contributed by atoms with van der Waals surface area (Å²) in [6.45, 7) is 0.350. The molecule has 0 aliphatic heterocycles. The lowest BCUT2D eigenvalue weighted by Crippen LogP contribution is -2.22. The van der Waals surface area contributed by atoms with Crippen molar-refractivity contribution in [1.82, 2.24) is 5.32 Å². The molecule has 0 fully saturated rings. The number of amides is 1. The van der Waals surface area contributed by atoms with Crippen LogP contribution in [-0.4, -0.2) is 13.0 Å². The number of benzene rings is 1. The van der Waals surface area contributed by atoms with Crippen molar-refractivity contribution < 1.29 is 9.53 Å². The van der Waals surface area contributed by atoms with Crippen molar-refractivity contribution >= 4 is 34.5 Å². The first-order valence-corrected chi connectivity index (χ1v) is 6.75. The summed E-state index contributed by atoms with van der Waals surface area (Å²) in [6.07, 6.45) is 0. The third-order valence-electron chi connectivity index (χ3n) is 2.54. The number of carbonyl (C=O) groups is 1. The Hall–Kier alpha value is -1.72. The maximum Gasteiger partial charge on any atom is 0.261 e. The molecule has 0 spiro atoms. The van der Waals surface area contributed by atoms with Gasteiger partial charge in [-0.05, 0) is 30.3 Å². The maximum atomic E-state index is 11.9. The van der Waals surface area contributed by atoms with Crippen LogP contribution in [0.2, 0.25) is 4.34 Å². The Labute approximate surface area is 120 Å². The van der Waals surface area contributed by atoms with Gasteiger partial charge in [0, 0.05) is 17.8 Å². The second-order valence-electron chi connectivity index (χ2n) is 3.86. The lowest BCUT2D eigenvalue weighted by atomic mass is 10.1. The smallest absolute Gasteiger partial charge is 0.261 e. The van der Waals surface area contributed by atoms with Crippen LogP contribution >= 0.6 is 22.9 Å². The third kappa shape index (κ3) is 3.39. The maximum absolute atomic E-state index is 11.9. The number of nitrogens with one attached hydrogen (secondary N) is 1. The minimum absolute atomic E-state index is 0.165. The Morgan fingerprint density at radius 1 is 1.42 bits per heavy atom. The number of rotatable bonds is 4. The average Bonchev–Trinajstić information content (AvgIpc) is 2.83. The van der Waals surface area contributed by atoms with Gasteiger partial charge in [0.2, 0.25) is 0 Å². The van der Waals surface area contributed by atoms with Crippen molar-refractivity contribution in [3.63, 3.8) is 0 Å². The van der Waals surface area contributed by atoms with Crippen molar-refractivity contribution in [1.29, 1.82) is 0 Å². The first-order chi connectivity index (χ1) is 9.10. The number of nitrogen functional groups attached to an aromatic ring is 1. The van der Waals surface area contributed by atoms with E-state index in [-0.39, 0.29) is 5.91 Å². The molecule has 1 heterocycles. The Bertz CT molecular complexity index is 598. The number of hydrogen-bond acceptors (Lipinski definition) is 4. The highest BCUT2D eigenvalue weighted by Gasteiger charge is 2.10. The van der Waals surface area contributed by atoms with Crippen LogP contribution in [0.1, 0.15) is 15.2 Å². The molecule has 0 saturated heterocycles. The van der Waals surface area contributed by atoms with Gasteiger partial charge in [0.15, 0.2) is 0 Å². The minimum Gasteiger partial charge on any atom is -0.496 e. The van der Waals surface area contributed by atoms with E-state index < -0.39 is 0 Å². The summed E-state index contributed by atoms with van der Waals surface area (Å²) in [5.41, 5.74) is 7.18. The van der Waals surface area contributed by atoms with Gasteiger partial charge in [0.25, 0.3) is 5.91 Å². The van der Waals surface area contributed by atoms with E-state index in [1.54, 1.807) is 37.4 Å². The minimum atomic E-state index is -0.165. The molecule has 1 amide bonds. The van der Waals surface area contributed by atoms with Gasteiger partial charge in [-0.2, -0.15) is 0 Å². The number of hydrogen-bond donors (Lipinski definition) is 2. The number of thiophene rings is 1. The van der Waals surface area contributed by atoms with E-state index >= 15 is 0 Å². The van der Waals surface area contributed by atoms with E-state index in [1.165, 1.54) is 11.3 Å². The van der Waals surface area contributed by atoms with Crippen LogP contribution in [0.4, 0.5) is 5.69 Å². The van der Waals surface area contributed by atoms with Crippen LogP contribution in [0.15, 0.2) is 30.3 Å². The summed E-state index contributed by atoms with van der Waals surface area (Å²) in [4.78, 5) is 12.5. The van der Waals surface area contributed by atoms with Crippen LogP contribution in [-0.2, 0) is 6.54 Å². The molecule has 0 aliphatic rings. The van der Waals surface area contributed by atoms with Crippen LogP contribution in [0.25, 0.3) is 0 Å². The van der Waals surface area contributed by atoms with Crippen molar-refractivity contribution in [3.05, 3.63) is 45.1 Å². The molecular formula is C13H13ClN2O2S. The lowest BCUT2D eigenvalue weighted by Gasteiger charge is -2.10. The van der Waals surface area contributed by atoms with Crippen molar-refractivity contribution in [2.45, 2.75) is 6.54 Å². The summed E-state index contributed by atoms with van der Waals surface area (Å²) < 4.78 is 5.81. The first kappa shape index (κ1) is 13.7. The molecule has 3 N–H and O–H groups in total. The summed E-state index contributed by atoms with van der Waals surface area (Å²) in [5.74, 6) is 0.528. The van der Waals surface area contributed by atoms with Gasteiger partial charge in [-0.15, -0.1) is 11.3 Å². The molecule has 2 aromatic rings. The molecule has 100 valence electrons. The molecule has 1 aromatic heterocycles. The molecule has 0 unspecified atom stereocenters. The number of anilines is 1. The first-order valence-electron chi connectivity index (χ1n) is 5.56. The zero-order chi connectivity index (χ0) is 13.8. The normalized spacial score (nSPS) is 10.2. The highest BCUT2D eigenvalue weighted by atomic mass is 35.5. The summed E-state index contributed by atoms with van der Waals surface area (Å²) in [6, 6.07) is 8.70.